The fourth-order valence-electron chi connectivity index (χ4n) is 4.65. The van der Waals surface area contributed by atoms with Crippen LogP contribution >= 0.6 is 11.6 Å². The Morgan fingerprint density at radius 2 is 1.25 bits per heavy atom. The number of aromatic nitrogens is 4. The van der Waals surface area contributed by atoms with Gasteiger partial charge in [-0.15, -0.1) is 0 Å². The van der Waals surface area contributed by atoms with E-state index in [0.29, 0.717) is 17.5 Å². The van der Waals surface area contributed by atoms with Crippen molar-refractivity contribution >= 4 is 44.2 Å². The number of rotatable bonds is 3. The van der Waals surface area contributed by atoms with Gasteiger partial charge in [-0.1, -0.05) is 91.0 Å². The zero-order valence-electron chi connectivity index (χ0n) is 18.9. The highest BCUT2D eigenvalue weighted by Gasteiger charge is 2.17. The van der Waals surface area contributed by atoms with Crippen molar-refractivity contribution in [3.05, 3.63) is 108 Å². The maximum Gasteiger partial charge on any atom is 0.227 e. The summed E-state index contributed by atoms with van der Waals surface area (Å²) in [6, 6.07) is 34.1. The summed E-state index contributed by atoms with van der Waals surface area (Å²) in [5.41, 5.74) is 4.20. The number of hydrogen-bond acceptors (Lipinski definition) is 5. The van der Waals surface area contributed by atoms with E-state index in [2.05, 4.69) is 28.2 Å². The summed E-state index contributed by atoms with van der Waals surface area (Å²) >= 11 is 6.32. The molecule has 0 aliphatic rings. The molecule has 0 bridgehead atoms. The fourth-order valence-corrected chi connectivity index (χ4v) is 4.81. The molecule has 0 saturated heterocycles. The van der Waals surface area contributed by atoms with Gasteiger partial charge in [0.25, 0.3) is 0 Å². The van der Waals surface area contributed by atoms with Gasteiger partial charge in [-0.3, -0.25) is 0 Å². The Balaban J connectivity index is 1.42. The average Bonchev–Trinajstić information content (AvgIpc) is 3.37. The molecule has 2 aromatic heterocycles. The standard InChI is InChI=1S/C30H17ClN4O/c31-30-34-27(19-9-2-1-3-10-19)33-28(35-30)23-14-7-13-22-21(23)16-17-25-26(22)36-29(32-25)24-15-6-11-18-8-4-5-12-20(18)24/h1-17H. The molecule has 0 aliphatic heterocycles. The molecule has 5 aromatic carbocycles. The molecule has 0 radical (unpaired) electrons. The van der Waals surface area contributed by atoms with Crippen molar-refractivity contribution in [3.63, 3.8) is 0 Å². The van der Waals surface area contributed by atoms with E-state index in [0.717, 1.165) is 49.3 Å². The second-order valence-electron chi connectivity index (χ2n) is 8.48. The monoisotopic (exact) mass is 484 g/mol. The van der Waals surface area contributed by atoms with Crippen molar-refractivity contribution in [1.29, 1.82) is 0 Å². The summed E-state index contributed by atoms with van der Waals surface area (Å²) < 4.78 is 6.39. The number of oxazole rings is 1. The van der Waals surface area contributed by atoms with Gasteiger partial charge >= 0.3 is 0 Å². The largest absolute Gasteiger partial charge is 0.435 e. The molecule has 5 nitrogen and oxygen atoms in total. The Labute approximate surface area is 211 Å². The molecule has 0 fully saturated rings. The molecule has 7 rings (SSSR count). The Morgan fingerprint density at radius 3 is 2.17 bits per heavy atom. The van der Waals surface area contributed by atoms with Crippen LogP contribution in [0.1, 0.15) is 0 Å². The second kappa shape index (κ2) is 8.26. The highest BCUT2D eigenvalue weighted by Crippen LogP contribution is 2.36. The molecule has 6 heteroatoms. The lowest BCUT2D eigenvalue weighted by Crippen LogP contribution is -1.97. The Bertz CT molecular complexity index is 1910. The van der Waals surface area contributed by atoms with E-state index in [1.54, 1.807) is 0 Å². The van der Waals surface area contributed by atoms with E-state index >= 15 is 0 Å². The van der Waals surface area contributed by atoms with Crippen molar-refractivity contribution in [2.75, 3.05) is 0 Å². The van der Waals surface area contributed by atoms with Crippen molar-refractivity contribution < 1.29 is 4.42 Å². The number of hydrogen-bond donors (Lipinski definition) is 0. The van der Waals surface area contributed by atoms with Gasteiger partial charge in [0.1, 0.15) is 5.52 Å². The van der Waals surface area contributed by atoms with Crippen LogP contribution in [0.2, 0.25) is 5.28 Å². The van der Waals surface area contributed by atoms with Crippen LogP contribution in [-0.4, -0.2) is 19.9 Å². The minimum Gasteiger partial charge on any atom is -0.435 e. The smallest absolute Gasteiger partial charge is 0.227 e. The summed E-state index contributed by atoms with van der Waals surface area (Å²) in [7, 11) is 0. The lowest BCUT2D eigenvalue weighted by atomic mass is 10.0. The summed E-state index contributed by atoms with van der Waals surface area (Å²) in [4.78, 5) is 18.3. The third kappa shape index (κ3) is 3.41. The van der Waals surface area contributed by atoms with Gasteiger partial charge in [-0.25, -0.2) is 9.97 Å². The molecular formula is C30H17ClN4O. The Kier molecular flexibility index (Phi) is 4.76. The van der Waals surface area contributed by atoms with E-state index in [9.17, 15) is 0 Å². The lowest BCUT2D eigenvalue weighted by molar-refractivity contribution is 0.624. The van der Waals surface area contributed by atoms with Crippen LogP contribution < -0.4 is 0 Å². The summed E-state index contributed by atoms with van der Waals surface area (Å²) in [5.74, 6) is 1.63. The zero-order chi connectivity index (χ0) is 24.1. The van der Waals surface area contributed by atoms with Crippen LogP contribution in [0.25, 0.3) is 66.9 Å². The number of fused-ring (bicyclic) bond motifs is 4. The Hall–Kier alpha value is -4.61. The first-order valence-corrected chi connectivity index (χ1v) is 11.9. The normalized spacial score (nSPS) is 11.5. The molecule has 0 atom stereocenters. The van der Waals surface area contributed by atoms with Gasteiger partial charge in [0, 0.05) is 22.1 Å². The minimum atomic E-state index is 0.148. The number of benzene rings is 5. The van der Waals surface area contributed by atoms with E-state index in [-0.39, 0.29) is 5.28 Å². The minimum absolute atomic E-state index is 0.148. The first-order chi connectivity index (χ1) is 17.7. The predicted octanol–water partition coefficient (Wildman–Crippen LogP) is 7.97. The molecule has 170 valence electrons. The van der Waals surface area contributed by atoms with Gasteiger partial charge in [0.2, 0.25) is 11.2 Å². The maximum atomic E-state index is 6.39. The van der Waals surface area contributed by atoms with Crippen molar-refractivity contribution in [3.8, 4) is 34.2 Å². The lowest BCUT2D eigenvalue weighted by Gasteiger charge is -2.08. The van der Waals surface area contributed by atoms with Crippen LogP contribution in [0.5, 0.6) is 0 Å². The predicted molar refractivity (Wildman–Crippen MR) is 144 cm³/mol. The molecule has 0 aliphatic carbocycles. The second-order valence-corrected chi connectivity index (χ2v) is 8.82. The van der Waals surface area contributed by atoms with E-state index in [1.165, 1.54) is 0 Å². The fraction of sp³-hybridized carbons (Fsp3) is 0. The average molecular weight is 485 g/mol. The molecule has 0 amide bonds. The van der Waals surface area contributed by atoms with E-state index in [4.69, 9.17) is 26.0 Å². The highest BCUT2D eigenvalue weighted by molar-refractivity contribution is 6.28. The molecule has 36 heavy (non-hydrogen) atoms. The van der Waals surface area contributed by atoms with Gasteiger partial charge in [-0.05, 0) is 39.9 Å². The van der Waals surface area contributed by atoms with Crippen LogP contribution in [0.4, 0.5) is 0 Å². The zero-order valence-corrected chi connectivity index (χ0v) is 19.6. The third-order valence-corrected chi connectivity index (χ3v) is 6.48. The summed E-state index contributed by atoms with van der Waals surface area (Å²) in [6.07, 6.45) is 0. The Morgan fingerprint density at radius 1 is 0.528 bits per heavy atom. The highest BCUT2D eigenvalue weighted by atomic mass is 35.5. The van der Waals surface area contributed by atoms with Crippen LogP contribution in [0, 0.1) is 0 Å². The van der Waals surface area contributed by atoms with Crippen LogP contribution in [0.3, 0.4) is 0 Å². The quantitative estimate of drug-likeness (QED) is 0.254. The molecule has 0 N–H and O–H groups in total. The molecule has 0 saturated carbocycles. The number of halogens is 1. The number of nitrogens with zero attached hydrogens (tertiary/aromatic N) is 4. The molecule has 2 heterocycles. The van der Waals surface area contributed by atoms with Crippen molar-refractivity contribution in [1.82, 2.24) is 19.9 Å². The van der Waals surface area contributed by atoms with Crippen LogP contribution in [0.15, 0.2) is 108 Å². The van der Waals surface area contributed by atoms with Crippen molar-refractivity contribution in [2.24, 2.45) is 0 Å². The van der Waals surface area contributed by atoms with Gasteiger partial charge in [0.15, 0.2) is 17.2 Å². The summed E-state index contributed by atoms with van der Waals surface area (Å²) in [6.45, 7) is 0. The van der Waals surface area contributed by atoms with E-state index < -0.39 is 0 Å². The van der Waals surface area contributed by atoms with Gasteiger partial charge < -0.3 is 4.42 Å². The SMILES string of the molecule is Clc1nc(-c2ccccc2)nc(-c2cccc3c2ccc2nc(-c4cccc5ccccc45)oc23)n1. The first-order valence-electron chi connectivity index (χ1n) is 11.5. The third-order valence-electron chi connectivity index (χ3n) is 6.31. The van der Waals surface area contributed by atoms with E-state index in [1.807, 2.05) is 84.9 Å². The summed E-state index contributed by atoms with van der Waals surface area (Å²) in [5, 5.41) is 4.28. The van der Waals surface area contributed by atoms with Crippen LogP contribution in [-0.2, 0) is 0 Å². The first kappa shape index (κ1) is 20.7. The maximum absolute atomic E-state index is 6.39. The molecular weight excluding hydrogens is 468 g/mol. The van der Waals surface area contributed by atoms with Gasteiger partial charge in [0.05, 0.1) is 0 Å². The molecule has 0 unspecified atom stereocenters. The van der Waals surface area contributed by atoms with Gasteiger partial charge in [-0.2, -0.15) is 9.97 Å². The molecule has 0 spiro atoms. The molecule has 7 aromatic rings. The topological polar surface area (TPSA) is 64.7 Å². The van der Waals surface area contributed by atoms with Crippen molar-refractivity contribution in [2.45, 2.75) is 0 Å².